The summed E-state index contributed by atoms with van der Waals surface area (Å²) in [6.45, 7) is 13.1. The summed E-state index contributed by atoms with van der Waals surface area (Å²) in [5.74, 6) is 13.6. The van der Waals surface area contributed by atoms with Crippen molar-refractivity contribution in [3.63, 3.8) is 0 Å². The number of hydrogen-bond acceptors (Lipinski definition) is 4. The van der Waals surface area contributed by atoms with Crippen LogP contribution in [0.4, 0.5) is 0 Å². The molecule has 0 saturated heterocycles. The predicted octanol–water partition coefficient (Wildman–Crippen LogP) is 7.38. The predicted molar refractivity (Wildman–Crippen MR) is 170 cm³/mol. The van der Waals surface area contributed by atoms with E-state index in [0.717, 1.165) is 16.5 Å². The molecule has 216 valence electrons. The monoisotopic (exact) mass is 561 g/mol. The minimum absolute atomic E-state index is 0.0491. The zero-order valence-corrected chi connectivity index (χ0v) is 26.3. The summed E-state index contributed by atoms with van der Waals surface area (Å²) in [5.41, 5.74) is 6.58. The van der Waals surface area contributed by atoms with Gasteiger partial charge in [-0.2, -0.15) is 0 Å². The van der Waals surface area contributed by atoms with E-state index < -0.39 is 5.97 Å². The van der Waals surface area contributed by atoms with E-state index in [-0.39, 0.29) is 10.8 Å². The molecule has 5 nitrogen and oxygen atoms in total. The Bertz CT molecular complexity index is 1750. The number of aromatic nitrogens is 1. The molecule has 0 N–H and O–H groups in total. The highest BCUT2D eigenvalue weighted by Gasteiger charge is 2.25. The van der Waals surface area contributed by atoms with E-state index in [1.54, 1.807) is 24.9 Å². The maximum Gasteiger partial charge on any atom is 0.354 e. The number of carbonyl (C=O) groups is 1. The van der Waals surface area contributed by atoms with Crippen LogP contribution in [-0.2, 0) is 22.6 Å². The maximum atomic E-state index is 12.7. The summed E-state index contributed by atoms with van der Waals surface area (Å²) in [4.78, 5) is 12.7. The van der Waals surface area contributed by atoms with E-state index in [1.165, 1.54) is 18.2 Å². The number of methoxy groups -OCH3 is 3. The molecule has 0 unspecified atom stereocenters. The van der Waals surface area contributed by atoms with Gasteiger partial charge in [0.1, 0.15) is 5.69 Å². The molecule has 0 bridgehead atoms. The van der Waals surface area contributed by atoms with Crippen molar-refractivity contribution in [1.29, 1.82) is 0 Å². The number of carbonyl (C=O) groups excluding carboxylic acids is 1. The van der Waals surface area contributed by atoms with Gasteiger partial charge >= 0.3 is 5.97 Å². The first kappa shape index (κ1) is 30.4. The Morgan fingerprint density at radius 3 is 1.50 bits per heavy atom. The molecule has 0 fully saturated rings. The summed E-state index contributed by atoms with van der Waals surface area (Å²) >= 11 is 0. The van der Waals surface area contributed by atoms with Gasteiger partial charge in [0.15, 0.2) is 11.5 Å². The van der Waals surface area contributed by atoms with Crippen molar-refractivity contribution in [3.05, 3.63) is 93.7 Å². The molecule has 0 atom stereocenters. The Balaban J connectivity index is 1.96. The molecular weight excluding hydrogens is 522 g/mol. The number of rotatable bonds is 3. The third kappa shape index (κ3) is 6.02. The van der Waals surface area contributed by atoms with E-state index in [9.17, 15) is 4.79 Å². The van der Waals surface area contributed by atoms with Crippen molar-refractivity contribution >= 4 is 16.9 Å². The SMILES string of the molecule is COC(=O)c1cc2c(C#Cc3ccc(C(C)(C)C)cc3)c(OC)c(OC)c(C#Cc3ccc(C(C)(C)C)cc3)c2n1C. The largest absolute Gasteiger partial charge is 0.492 e. The first-order chi connectivity index (χ1) is 19.8. The average Bonchev–Trinajstić information content (AvgIpc) is 3.30. The molecule has 0 aliphatic heterocycles. The van der Waals surface area contributed by atoms with Gasteiger partial charge in [-0.15, -0.1) is 0 Å². The van der Waals surface area contributed by atoms with Crippen LogP contribution in [0, 0.1) is 23.7 Å². The number of ether oxygens (including phenoxy) is 3. The van der Waals surface area contributed by atoms with Gasteiger partial charge in [0, 0.05) is 23.6 Å². The van der Waals surface area contributed by atoms with Crippen molar-refractivity contribution in [1.82, 2.24) is 4.57 Å². The summed E-state index contributed by atoms with van der Waals surface area (Å²) in [7, 11) is 6.34. The van der Waals surface area contributed by atoms with Crippen molar-refractivity contribution < 1.29 is 19.0 Å². The van der Waals surface area contributed by atoms with Gasteiger partial charge in [-0.1, -0.05) is 89.5 Å². The number of nitrogens with zero attached hydrogens (tertiary/aromatic N) is 1. The van der Waals surface area contributed by atoms with Gasteiger partial charge in [0.05, 0.1) is 38.0 Å². The minimum Gasteiger partial charge on any atom is -0.492 e. The standard InChI is InChI=1S/C37H39NO4/c1-36(2,3)26-17-11-24(12-18-26)15-21-28-30-23-31(35(39)42-10)38(7)32(30)29(34(41-9)33(28)40-8)22-16-25-13-19-27(20-14-25)37(4,5)6/h11-14,17-20,23H,1-10H3. The molecule has 1 aromatic heterocycles. The molecule has 42 heavy (non-hydrogen) atoms. The van der Waals surface area contributed by atoms with Crippen LogP contribution in [0.15, 0.2) is 54.6 Å². The fraction of sp³-hybridized carbons (Fsp3) is 0.324. The molecule has 5 heteroatoms. The lowest BCUT2D eigenvalue weighted by atomic mass is 9.87. The molecule has 0 spiro atoms. The second kappa shape index (κ2) is 11.7. The minimum atomic E-state index is -0.458. The van der Waals surface area contributed by atoms with Gasteiger partial charge in [-0.25, -0.2) is 4.79 Å². The van der Waals surface area contributed by atoms with Crippen molar-refractivity contribution in [2.75, 3.05) is 21.3 Å². The van der Waals surface area contributed by atoms with Crippen LogP contribution in [0.5, 0.6) is 11.5 Å². The van der Waals surface area contributed by atoms with Crippen molar-refractivity contribution in [2.45, 2.75) is 52.4 Å². The smallest absolute Gasteiger partial charge is 0.354 e. The number of fused-ring (bicyclic) bond motifs is 1. The van der Waals surface area contributed by atoms with Crippen molar-refractivity contribution in [3.8, 4) is 35.2 Å². The molecule has 4 rings (SSSR count). The Kier molecular flexibility index (Phi) is 8.46. The highest BCUT2D eigenvalue weighted by atomic mass is 16.5. The van der Waals surface area contributed by atoms with Gasteiger partial charge in [-0.3, -0.25) is 0 Å². The van der Waals surface area contributed by atoms with Gasteiger partial charge < -0.3 is 18.8 Å². The second-order valence-electron chi connectivity index (χ2n) is 12.3. The normalized spacial score (nSPS) is 11.3. The number of esters is 1. The van der Waals surface area contributed by atoms with Gasteiger partial charge in [-0.05, 0) is 52.3 Å². The average molecular weight is 562 g/mol. The van der Waals surface area contributed by atoms with Gasteiger partial charge in [0.25, 0.3) is 0 Å². The van der Waals surface area contributed by atoms with E-state index in [2.05, 4.69) is 89.5 Å². The molecule has 0 saturated carbocycles. The summed E-state index contributed by atoms with van der Waals surface area (Å²) < 4.78 is 18.6. The first-order valence-electron chi connectivity index (χ1n) is 13.9. The zero-order valence-electron chi connectivity index (χ0n) is 26.3. The van der Waals surface area contributed by atoms with Gasteiger partial charge in [0.2, 0.25) is 0 Å². The lowest BCUT2D eigenvalue weighted by Crippen LogP contribution is -2.10. The lowest BCUT2D eigenvalue weighted by molar-refractivity contribution is 0.0590. The van der Waals surface area contributed by atoms with Crippen LogP contribution in [0.3, 0.4) is 0 Å². The number of benzene rings is 3. The van der Waals surface area contributed by atoms with Crippen LogP contribution in [0.25, 0.3) is 10.9 Å². The van der Waals surface area contributed by atoms with Crippen LogP contribution in [0.1, 0.15) is 85.4 Å². The maximum absolute atomic E-state index is 12.7. The molecule has 0 amide bonds. The summed E-state index contributed by atoms with van der Waals surface area (Å²) in [5, 5.41) is 0.724. The third-order valence-corrected chi connectivity index (χ3v) is 7.37. The third-order valence-electron chi connectivity index (χ3n) is 7.37. The molecule has 0 aliphatic rings. The van der Waals surface area contributed by atoms with E-state index in [0.29, 0.717) is 33.8 Å². The fourth-order valence-corrected chi connectivity index (χ4v) is 4.86. The van der Waals surface area contributed by atoms with Crippen LogP contribution in [-0.4, -0.2) is 31.9 Å². The highest BCUT2D eigenvalue weighted by Crippen LogP contribution is 2.42. The molecular formula is C37H39NO4. The Morgan fingerprint density at radius 2 is 1.10 bits per heavy atom. The van der Waals surface area contributed by atoms with Crippen LogP contribution in [0.2, 0.25) is 0 Å². The fourth-order valence-electron chi connectivity index (χ4n) is 4.86. The summed E-state index contributed by atoms with van der Waals surface area (Å²) in [6, 6.07) is 18.2. The first-order valence-corrected chi connectivity index (χ1v) is 13.9. The number of aryl methyl sites for hydroxylation is 1. The van der Waals surface area contributed by atoms with Crippen molar-refractivity contribution in [2.24, 2.45) is 7.05 Å². The molecule has 0 radical (unpaired) electrons. The molecule has 4 aromatic rings. The molecule has 0 aliphatic carbocycles. The summed E-state index contributed by atoms with van der Waals surface area (Å²) in [6.07, 6.45) is 0. The highest BCUT2D eigenvalue weighted by molar-refractivity contribution is 6.02. The lowest BCUT2D eigenvalue weighted by Gasteiger charge is -2.18. The topological polar surface area (TPSA) is 49.7 Å². The van der Waals surface area contributed by atoms with E-state index >= 15 is 0 Å². The molecule has 3 aromatic carbocycles. The molecule has 1 heterocycles. The Morgan fingerprint density at radius 1 is 0.667 bits per heavy atom. The quantitative estimate of drug-likeness (QED) is 0.194. The Labute approximate surface area is 249 Å². The van der Waals surface area contributed by atoms with E-state index in [4.69, 9.17) is 14.2 Å². The zero-order chi connectivity index (χ0) is 30.8. The second-order valence-corrected chi connectivity index (χ2v) is 12.3. The van der Waals surface area contributed by atoms with Crippen LogP contribution < -0.4 is 9.47 Å². The van der Waals surface area contributed by atoms with Crippen LogP contribution >= 0.6 is 0 Å². The number of hydrogen-bond donors (Lipinski definition) is 0. The Hall–Kier alpha value is -4.61. The van der Waals surface area contributed by atoms with E-state index in [1.807, 2.05) is 31.3 Å².